The maximum absolute atomic E-state index is 6.64. The van der Waals surface area contributed by atoms with E-state index in [0.717, 1.165) is 34.0 Å². The van der Waals surface area contributed by atoms with Crippen LogP contribution in [-0.4, -0.2) is 6.71 Å². The Hall–Kier alpha value is -6.00. The van der Waals surface area contributed by atoms with E-state index in [9.17, 15) is 0 Å². The van der Waals surface area contributed by atoms with Crippen molar-refractivity contribution in [2.24, 2.45) is 0 Å². The Balaban J connectivity index is 1.22. The summed E-state index contributed by atoms with van der Waals surface area (Å²) in [5.41, 5.74) is 24.7. The van der Waals surface area contributed by atoms with Crippen molar-refractivity contribution in [3.63, 3.8) is 0 Å². The molecule has 0 amide bonds. The molecule has 7 aromatic carbocycles. The molecule has 4 heteroatoms. The molecule has 3 heterocycles. The van der Waals surface area contributed by atoms with Gasteiger partial charge in [-0.05, 0) is 177 Å². The molecule has 3 nitrogen and oxygen atoms in total. The van der Waals surface area contributed by atoms with Gasteiger partial charge < -0.3 is 14.2 Å². The maximum Gasteiger partial charge on any atom is 0.252 e. The van der Waals surface area contributed by atoms with E-state index >= 15 is 0 Å². The summed E-state index contributed by atoms with van der Waals surface area (Å²) in [6.45, 7) is 24.4. The first-order valence-corrected chi connectivity index (χ1v) is 23.7. The van der Waals surface area contributed by atoms with Crippen LogP contribution >= 0.6 is 0 Å². The van der Waals surface area contributed by atoms with Gasteiger partial charge in [-0.2, -0.15) is 0 Å². The predicted molar refractivity (Wildman–Crippen MR) is 273 cm³/mol. The summed E-state index contributed by atoms with van der Waals surface area (Å²) in [4.78, 5) is 5.29. The number of benzene rings is 7. The van der Waals surface area contributed by atoms with E-state index in [0.29, 0.717) is 0 Å². The number of para-hydroxylation sites is 1. The van der Waals surface area contributed by atoms with Crippen molar-refractivity contribution in [2.45, 2.75) is 117 Å². The third kappa shape index (κ3) is 5.60. The third-order valence-corrected chi connectivity index (χ3v) is 16.3. The molecule has 0 N–H and O–H groups in total. The van der Waals surface area contributed by atoms with Crippen LogP contribution < -0.4 is 26.2 Å². The molecule has 1 aromatic heterocycles. The van der Waals surface area contributed by atoms with Crippen molar-refractivity contribution in [2.75, 3.05) is 9.80 Å². The molecule has 0 bridgehead atoms. The van der Waals surface area contributed by atoms with Gasteiger partial charge in [0.2, 0.25) is 0 Å². The van der Waals surface area contributed by atoms with Gasteiger partial charge in [-0.15, -0.1) is 0 Å². The number of fused-ring (bicyclic) bond motifs is 9. The van der Waals surface area contributed by atoms with Crippen LogP contribution in [0.25, 0.3) is 33.1 Å². The Bertz CT molecular complexity index is 3270. The third-order valence-electron chi connectivity index (χ3n) is 16.3. The molecule has 2 aliphatic carbocycles. The minimum absolute atomic E-state index is 0.0320. The fourth-order valence-electron chi connectivity index (χ4n) is 12.4. The quantitative estimate of drug-likeness (QED) is 0.165. The minimum atomic E-state index is 0.0320. The molecule has 0 fully saturated rings. The average molecular weight is 835 g/mol. The van der Waals surface area contributed by atoms with Crippen LogP contribution in [0.15, 0.2) is 132 Å². The second-order valence-electron chi connectivity index (χ2n) is 22.4. The Labute approximate surface area is 380 Å². The molecule has 0 atom stereocenters. The number of nitrogens with zero attached hydrogens (tertiary/aromatic N) is 2. The largest absolute Gasteiger partial charge is 0.456 e. The first-order valence-electron chi connectivity index (χ1n) is 23.7. The molecule has 4 aliphatic rings. The molecular weight excluding hydrogens is 775 g/mol. The van der Waals surface area contributed by atoms with Gasteiger partial charge in [-0.1, -0.05) is 128 Å². The SMILES string of the molecule is Cc1cc2c3c(c1)N(c1cccc4oc5ccccc5c14)c1cc4c(cc1B3c1cc3c(cc1N2c1ccc(-c2ccccc2)cc1C)C(C)(C)CCC3(C)C)C(C)(C)CCC4(C)C. The van der Waals surface area contributed by atoms with Gasteiger partial charge in [-0.3, -0.25) is 0 Å². The second-order valence-corrected chi connectivity index (χ2v) is 22.4. The summed E-state index contributed by atoms with van der Waals surface area (Å²) in [7, 11) is 0. The zero-order valence-corrected chi connectivity index (χ0v) is 39.3. The van der Waals surface area contributed by atoms with Gasteiger partial charge in [0, 0.05) is 33.8 Å². The van der Waals surface area contributed by atoms with E-state index in [2.05, 4.69) is 206 Å². The molecule has 318 valence electrons. The molecule has 0 saturated carbocycles. The Kier molecular flexibility index (Phi) is 8.22. The second kappa shape index (κ2) is 13.3. The average Bonchev–Trinajstić information content (AvgIpc) is 3.66. The predicted octanol–water partition coefficient (Wildman–Crippen LogP) is 14.7. The first-order chi connectivity index (χ1) is 30.5. The monoisotopic (exact) mass is 834 g/mol. The number of furan rings is 1. The van der Waals surface area contributed by atoms with Gasteiger partial charge >= 0.3 is 0 Å². The van der Waals surface area contributed by atoms with Gasteiger partial charge in [0.1, 0.15) is 11.2 Å². The fourth-order valence-corrected chi connectivity index (χ4v) is 12.4. The molecule has 2 aliphatic heterocycles. The van der Waals surface area contributed by atoms with Crippen LogP contribution in [0, 0.1) is 13.8 Å². The standard InChI is InChI=1S/C60H59BN2O/c1-36-29-51-56-52(30-36)63(48-20-16-22-54-55(48)40-19-14-15-21-53(40)64-54)50-35-44-42(58(5,6)26-28-60(44,9)10)33-46(50)61(56)45-32-41-43(59(7,8)27-25-57(41,3)4)34-49(45)62(51)47-24-23-39(31-37(47)2)38-17-12-11-13-18-38/h11-24,29-35H,25-28H2,1-10H3. The van der Waals surface area contributed by atoms with E-state index in [1.54, 1.807) is 0 Å². The van der Waals surface area contributed by atoms with Crippen molar-refractivity contribution < 1.29 is 4.42 Å². The van der Waals surface area contributed by atoms with Crippen LogP contribution in [0.5, 0.6) is 0 Å². The number of aryl methyl sites for hydroxylation is 2. The van der Waals surface area contributed by atoms with Crippen molar-refractivity contribution in [3.8, 4) is 11.1 Å². The Morgan fingerprint density at radius 3 is 1.53 bits per heavy atom. The lowest BCUT2D eigenvalue weighted by atomic mass is 9.32. The minimum Gasteiger partial charge on any atom is -0.456 e. The van der Waals surface area contributed by atoms with Crippen molar-refractivity contribution in [1.82, 2.24) is 0 Å². The zero-order valence-electron chi connectivity index (χ0n) is 39.3. The molecule has 64 heavy (non-hydrogen) atoms. The lowest BCUT2D eigenvalue weighted by molar-refractivity contribution is 0.332. The highest BCUT2D eigenvalue weighted by atomic mass is 16.3. The van der Waals surface area contributed by atoms with E-state index in [-0.39, 0.29) is 28.4 Å². The molecular formula is C60H59BN2O. The normalized spacial score (nSPS) is 18.3. The molecule has 0 saturated heterocycles. The van der Waals surface area contributed by atoms with Crippen LogP contribution in [0.2, 0.25) is 0 Å². The van der Waals surface area contributed by atoms with Gasteiger partial charge in [0.25, 0.3) is 6.71 Å². The summed E-state index contributed by atoms with van der Waals surface area (Å²) in [5, 5.41) is 2.31. The van der Waals surface area contributed by atoms with Gasteiger partial charge in [0.15, 0.2) is 0 Å². The van der Waals surface area contributed by atoms with Crippen LogP contribution in [0.3, 0.4) is 0 Å². The summed E-state index contributed by atoms with van der Waals surface area (Å²) in [6, 6.07) is 48.8. The smallest absolute Gasteiger partial charge is 0.252 e. The molecule has 0 radical (unpaired) electrons. The molecule has 0 unspecified atom stereocenters. The summed E-state index contributed by atoms with van der Waals surface area (Å²) >= 11 is 0. The highest BCUT2D eigenvalue weighted by molar-refractivity contribution is 7.00. The lowest BCUT2D eigenvalue weighted by Gasteiger charge is -2.49. The first kappa shape index (κ1) is 39.6. The molecule has 0 spiro atoms. The summed E-state index contributed by atoms with van der Waals surface area (Å²) in [6.07, 6.45) is 4.67. The Morgan fingerprint density at radius 2 is 0.953 bits per heavy atom. The van der Waals surface area contributed by atoms with Crippen molar-refractivity contribution >= 4 is 79.2 Å². The molecule has 12 rings (SSSR count). The summed E-state index contributed by atoms with van der Waals surface area (Å²) < 4.78 is 6.64. The Morgan fingerprint density at radius 1 is 0.438 bits per heavy atom. The van der Waals surface area contributed by atoms with Crippen molar-refractivity contribution in [1.29, 1.82) is 0 Å². The van der Waals surface area contributed by atoms with E-state index in [1.165, 1.54) is 109 Å². The number of anilines is 6. The highest BCUT2D eigenvalue weighted by Crippen LogP contribution is 2.54. The fraction of sp³-hybridized carbons (Fsp3) is 0.300. The van der Waals surface area contributed by atoms with E-state index in [4.69, 9.17) is 4.42 Å². The van der Waals surface area contributed by atoms with Crippen LogP contribution in [0.4, 0.5) is 34.1 Å². The van der Waals surface area contributed by atoms with Crippen molar-refractivity contribution in [3.05, 3.63) is 161 Å². The number of rotatable bonds is 3. The van der Waals surface area contributed by atoms with Gasteiger partial charge in [-0.25, -0.2) is 0 Å². The van der Waals surface area contributed by atoms with E-state index in [1.807, 2.05) is 0 Å². The molecule has 8 aromatic rings. The number of hydrogen-bond acceptors (Lipinski definition) is 3. The summed E-state index contributed by atoms with van der Waals surface area (Å²) in [5.74, 6) is 0. The number of hydrogen-bond donors (Lipinski definition) is 0. The van der Waals surface area contributed by atoms with Crippen LogP contribution in [0.1, 0.15) is 114 Å². The van der Waals surface area contributed by atoms with Gasteiger partial charge in [0.05, 0.1) is 11.1 Å². The highest BCUT2D eigenvalue weighted by Gasteiger charge is 2.49. The van der Waals surface area contributed by atoms with Crippen LogP contribution in [-0.2, 0) is 21.7 Å². The maximum atomic E-state index is 6.64. The topological polar surface area (TPSA) is 19.6 Å². The van der Waals surface area contributed by atoms with E-state index < -0.39 is 0 Å². The zero-order chi connectivity index (χ0) is 44.2. The lowest BCUT2D eigenvalue weighted by Crippen LogP contribution is -2.62.